The number of thiazole rings is 1. The third-order valence-corrected chi connectivity index (χ3v) is 4.52. The van der Waals surface area contributed by atoms with Gasteiger partial charge in [0, 0.05) is 18.0 Å². The lowest BCUT2D eigenvalue weighted by atomic mass is 10.1. The van der Waals surface area contributed by atoms with E-state index >= 15 is 0 Å². The van der Waals surface area contributed by atoms with Crippen LogP contribution in [0, 0.1) is 20.8 Å². The second kappa shape index (κ2) is 4.18. The first-order valence-electron chi connectivity index (χ1n) is 5.94. The van der Waals surface area contributed by atoms with Crippen LogP contribution in [0.2, 0.25) is 0 Å². The lowest BCUT2D eigenvalue weighted by molar-refractivity contribution is 1.31. The van der Waals surface area contributed by atoms with Gasteiger partial charge in [0.05, 0.1) is 10.2 Å². The van der Waals surface area contributed by atoms with E-state index in [1.807, 2.05) is 24.5 Å². The third kappa shape index (κ3) is 1.71. The molecule has 2 aromatic heterocycles. The minimum atomic E-state index is 1.07. The summed E-state index contributed by atoms with van der Waals surface area (Å²) in [6.07, 6.45) is 3.62. The maximum absolute atomic E-state index is 4.78. The average Bonchev–Trinajstić information content (AvgIpc) is 2.83. The standard InChI is InChI=1S/C15H14N2S/c1-9-8-10(2)13-14(11(9)3)18-15(17-13)12-4-6-16-7-5-12/h4-8H,1-3H3. The molecule has 0 amide bonds. The van der Waals surface area contributed by atoms with Crippen molar-refractivity contribution >= 4 is 21.6 Å². The van der Waals surface area contributed by atoms with Crippen molar-refractivity contribution in [2.24, 2.45) is 0 Å². The molecule has 0 spiro atoms. The first kappa shape index (κ1) is 11.4. The predicted octanol–water partition coefficient (Wildman–Crippen LogP) is 4.28. The number of hydrogen-bond acceptors (Lipinski definition) is 3. The molecule has 0 radical (unpaired) electrons. The molecular formula is C15H14N2S. The van der Waals surface area contributed by atoms with Crippen molar-refractivity contribution in [2.45, 2.75) is 20.8 Å². The van der Waals surface area contributed by atoms with Crippen LogP contribution in [0.3, 0.4) is 0 Å². The molecule has 3 rings (SSSR count). The van der Waals surface area contributed by atoms with Gasteiger partial charge < -0.3 is 0 Å². The molecule has 0 aliphatic rings. The van der Waals surface area contributed by atoms with E-state index in [0.717, 1.165) is 16.1 Å². The van der Waals surface area contributed by atoms with Crippen LogP contribution < -0.4 is 0 Å². The largest absolute Gasteiger partial charge is 0.265 e. The Morgan fingerprint density at radius 2 is 1.72 bits per heavy atom. The Morgan fingerprint density at radius 3 is 2.44 bits per heavy atom. The van der Waals surface area contributed by atoms with Crippen molar-refractivity contribution in [3.63, 3.8) is 0 Å². The van der Waals surface area contributed by atoms with Gasteiger partial charge in [-0.15, -0.1) is 11.3 Å². The topological polar surface area (TPSA) is 25.8 Å². The normalized spacial score (nSPS) is 11.1. The van der Waals surface area contributed by atoms with Crippen LogP contribution in [0.15, 0.2) is 30.6 Å². The predicted molar refractivity (Wildman–Crippen MR) is 77.1 cm³/mol. The van der Waals surface area contributed by atoms with Crippen molar-refractivity contribution in [1.29, 1.82) is 0 Å². The van der Waals surface area contributed by atoms with Gasteiger partial charge in [0.1, 0.15) is 5.01 Å². The van der Waals surface area contributed by atoms with E-state index in [2.05, 4.69) is 31.8 Å². The lowest BCUT2D eigenvalue weighted by Gasteiger charge is -2.02. The summed E-state index contributed by atoms with van der Waals surface area (Å²) < 4.78 is 1.30. The summed E-state index contributed by atoms with van der Waals surface area (Å²) in [7, 11) is 0. The molecule has 18 heavy (non-hydrogen) atoms. The van der Waals surface area contributed by atoms with Crippen LogP contribution in [-0.2, 0) is 0 Å². The number of nitrogens with zero attached hydrogens (tertiary/aromatic N) is 2. The second-order valence-electron chi connectivity index (χ2n) is 4.57. The zero-order valence-corrected chi connectivity index (χ0v) is 11.5. The molecule has 2 nitrogen and oxygen atoms in total. The van der Waals surface area contributed by atoms with Gasteiger partial charge in [0.25, 0.3) is 0 Å². The summed E-state index contributed by atoms with van der Waals surface area (Å²) >= 11 is 1.77. The molecule has 0 bridgehead atoms. The van der Waals surface area contributed by atoms with Gasteiger partial charge in [-0.3, -0.25) is 4.98 Å². The molecule has 0 aliphatic carbocycles. The maximum Gasteiger partial charge on any atom is 0.124 e. The summed E-state index contributed by atoms with van der Waals surface area (Å²) in [5.74, 6) is 0. The first-order chi connectivity index (χ1) is 8.66. The highest BCUT2D eigenvalue weighted by Gasteiger charge is 2.11. The summed E-state index contributed by atoms with van der Waals surface area (Å²) in [6.45, 7) is 6.46. The minimum Gasteiger partial charge on any atom is -0.265 e. The molecule has 0 N–H and O–H groups in total. The van der Waals surface area contributed by atoms with E-state index in [1.54, 1.807) is 11.3 Å². The van der Waals surface area contributed by atoms with Gasteiger partial charge in [-0.25, -0.2) is 4.98 Å². The van der Waals surface area contributed by atoms with Crippen LogP contribution in [0.4, 0.5) is 0 Å². The molecule has 0 saturated carbocycles. The molecular weight excluding hydrogens is 240 g/mol. The fraction of sp³-hybridized carbons (Fsp3) is 0.200. The van der Waals surface area contributed by atoms with Crippen molar-refractivity contribution in [2.75, 3.05) is 0 Å². The molecule has 0 atom stereocenters. The van der Waals surface area contributed by atoms with Gasteiger partial charge in [-0.1, -0.05) is 6.07 Å². The third-order valence-electron chi connectivity index (χ3n) is 3.29. The SMILES string of the molecule is Cc1cc(C)c2nc(-c3ccncc3)sc2c1C. The van der Waals surface area contributed by atoms with Crippen LogP contribution in [0.1, 0.15) is 16.7 Å². The Labute approximate surface area is 110 Å². The zero-order chi connectivity index (χ0) is 12.7. The van der Waals surface area contributed by atoms with Gasteiger partial charge in [0.15, 0.2) is 0 Å². The Kier molecular flexibility index (Phi) is 2.63. The molecule has 90 valence electrons. The average molecular weight is 254 g/mol. The summed E-state index contributed by atoms with van der Waals surface area (Å²) in [4.78, 5) is 8.83. The number of aryl methyl sites for hydroxylation is 3. The Bertz CT molecular complexity index is 714. The van der Waals surface area contributed by atoms with Crippen LogP contribution in [0.5, 0.6) is 0 Å². The van der Waals surface area contributed by atoms with E-state index in [4.69, 9.17) is 4.98 Å². The molecule has 3 heteroatoms. The first-order valence-corrected chi connectivity index (χ1v) is 6.76. The van der Waals surface area contributed by atoms with E-state index in [-0.39, 0.29) is 0 Å². The van der Waals surface area contributed by atoms with Gasteiger partial charge >= 0.3 is 0 Å². The lowest BCUT2D eigenvalue weighted by Crippen LogP contribution is -1.85. The fourth-order valence-corrected chi connectivity index (χ4v) is 3.34. The number of benzene rings is 1. The van der Waals surface area contributed by atoms with Crippen molar-refractivity contribution in [1.82, 2.24) is 9.97 Å². The monoisotopic (exact) mass is 254 g/mol. The molecule has 0 unspecified atom stereocenters. The highest BCUT2D eigenvalue weighted by Crippen LogP contribution is 2.34. The van der Waals surface area contributed by atoms with Crippen molar-refractivity contribution in [3.05, 3.63) is 47.3 Å². The number of pyridine rings is 1. The zero-order valence-electron chi connectivity index (χ0n) is 10.7. The number of rotatable bonds is 1. The van der Waals surface area contributed by atoms with Crippen LogP contribution in [-0.4, -0.2) is 9.97 Å². The van der Waals surface area contributed by atoms with E-state index < -0.39 is 0 Å². The van der Waals surface area contributed by atoms with Gasteiger partial charge in [0.2, 0.25) is 0 Å². The highest BCUT2D eigenvalue weighted by molar-refractivity contribution is 7.21. The van der Waals surface area contributed by atoms with Crippen LogP contribution >= 0.6 is 11.3 Å². The van der Waals surface area contributed by atoms with Crippen molar-refractivity contribution < 1.29 is 0 Å². The van der Waals surface area contributed by atoms with Gasteiger partial charge in [-0.2, -0.15) is 0 Å². The smallest absolute Gasteiger partial charge is 0.124 e. The minimum absolute atomic E-state index is 1.07. The molecule has 0 saturated heterocycles. The number of aromatic nitrogens is 2. The Morgan fingerprint density at radius 1 is 1.00 bits per heavy atom. The summed E-state index contributed by atoms with van der Waals surface area (Å²) in [5, 5.41) is 1.07. The highest BCUT2D eigenvalue weighted by atomic mass is 32.1. The van der Waals surface area contributed by atoms with Gasteiger partial charge in [-0.05, 0) is 49.6 Å². The molecule has 3 aromatic rings. The Balaban J connectivity index is 2.29. The number of hydrogen-bond donors (Lipinski definition) is 0. The second-order valence-corrected chi connectivity index (χ2v) is 5.57. The maximum atomic E-state index is 4.78. The summed E-state index contributed by atoms with van der Waals surface area (Å²) in [5.41, 5.74) is 6.21. The van der Waals surface area contributed by atoms with E-state index in [0.29, 0.717) is 0 Å². The molecule has 0 aliphatic heterocycles. The van der Waals surface area contributed by atoms with E-state index in [9.17, 15) is 0 Å². The molecule has 2 heterocycles. The van der Waals surface area contributed by atoms with Crippen LogP contribution in [0.25, 0.3) is 20.8 Å². The number of fused-ring (bicyclic) bond motifs is 1. The van der Waals surface area contributed by atoms with Crippen molar-refractivity contribution in [3.8, 4) is 10.6 Å². The molecule has 1 aromatic carbocycles. The summed E-state index contributed by atoms with van der Waals surface area (Å²) in [6, 6.07) is 6.23. The van der Waals surface area contributed by atoms with E-state index in [1.165, 1.54) is 21.4 Å². The Hall–Kier alpha value is -1.74. The fourth-order valence-electron chi connectivity index (χ4n) is 2.14. The molecule has 0 fully saturated rings. The quantitative estimate of drug-likeness (QED) is 0.647.